The van der Waals surface area contributed by atoms with Gasteiger partial charge >= 0.3 is 0 Å². The second-order valence-corrected chi connectivity index (χ2v) is 4.88. The van der Waals surface area contributed by atoms with E-state index in [4.69, 9.17) is 10.8 Å². The van der Waals surface area contributed by atoms with E-state index in [9.17, 15) is 8.42 Å². The Morgan fingerprint density at radius 3 is 2.60 bits per heavy atom. The molecule has 0 unspecified atom stereocenters. The van der Waals surface area contributed by atoms with Crippen LogP contribution in [0, 0.1) is 0 Å². The number of benzene rings is 1. The SMILES string of the molecule is Nc1ccccc1CS(=O)(=O)NCCO. The molecule has 0 amide bonds. The second kappa shape index (κ2) is 5.11. The molecule has 0 spiro atoms. The molecule has 6 heteroatoms. The number of nitrogens with one attached hydrogen (secondary N) is 1. The lowest BCUT2D eigenvalue weighted by Gasteiger charge is -2.07. The zero-order valence-electron chi connectivity index (χ0n) is 8.18. The van der Waals surface area contributed by atoms with Gasteiger partial charge in [-0.3, -0.25) is 0 Å². The zero-order valence-corrected chi connectivity index (χ0v) is 9.00. The van der Waals surface area contributed by atoms with Gasteiger partial charge in [0.05, 0.1) is 12.4 Å². The smallest absolute Gasteiger partial charge is 0.215 e. The Labute approximate surface area is 89.0 Å². The predicted molar refractivity (Wildman–Crippen MR) is 58.6 cm³/mol. The maximum Gasteiger partial charge on any atom is 0.215 e. The average molecular weight is 230 g/mol. The van der Waals surface area contributed by atoms with E-state index in [1.54, 1.807) is 24.3 Å². The average Bonchev–Trinajstić information content (AvgIpc) is 2.18. The quantitative estimate of drug-likeness (QED) is 0.604. The Kier molecular flexibility index (Phi) is 4.07. The van der Waals surface area contributed by atoms with Gasteiger partial charge in [0, 0.05) is 12.2 Å². The third-order valence-electron chi connectivity index (χ3n) is 1.83. The van der Waals surface area contributed by atoms with E-state index in [0.29, 0.717) is 11.3 Å². The lowest BCUT2D eigenvalue weighted by Crippen LogP contribution is -2.28. The molecule has 4 N–H and O–H groups in total. The van der Waals surface area contributed by atoms with Crippen molar-refractivity contribution in [2.45, 2.75) is 5.75 Å². The summed E-state index contributed by atoms with van der Waals surface area (Å²) >= 11 is 0. The fourth-order valence-electron chi connectivity index (χ4n) is 1.12. The molecule has 0 aromatic heterocycles. The summed E-state index contributed by atoms with van der Waals surface area (Å²) in [5, 5.41) is 8.50. The van der Waals surface area contributed by atoms with Crippen LogP contribution in [0.5, 0.6) is 0 Å². The Bertz CT molecular complexity index is 417. The summed E-state index contributed by atoms with van der Waals surface area (Å²) in [5.41, 5.74) is 6.62. The maximum absolute atomic E-state index is 11.4. The molecule has 15 heavy (non-hydrogen) atoms. The van der Waals surface area contributed by atoms with Gasteiger partial charge in [0.1, 0.15) is 0 Å². The van der Waals surface area contributed by atoms with Crippen molar-refractivity contribution in [2.24, 2.45) is 0 Å². The minimum Gasteiger partial charge on any atom is -0.398 e. The van der Waals surface area contributed by atoms with E-state index in [2.05, 4.69) is 4.72 Å². The highest BCUT2D eigenvalue weighted by Crippen LogP contribution is 2.13. The first-order valence-corrected chi connectivity index (χ1v) is 6.12. The van der Waals surface area contributed by atoms with E-state index in [0.717, 1.165) is 0 Å². The van der Waals surface area contributed by atoms with Crippen LogP contribution in [0.15, 0.2) is 24.3 Å². The topological polar surface area (TPSA) is 92.4 Å². The Hall–Kier alpha value is -1.11. The largest absolute Gasteiger partial charge is 0.398 e. The van der Waals surface area contributed by atoms with E-state index >= 15 is 0 Å². The van der Waals surface area contributed by atoms with Crippen molar-refractivity contribution >= 4 is 15.7 Å². The zero-order chi connectivity index (χ0) is 11.3. The number of hydrogen-bond donors (Lipinski definition) is 3. The molecule has 0 aliphatic heterocycles. The van der Waals surface area contributed by atoms with Gasteiger partial charge in [-0.25, -0.2) is 13.1 Å². The highest BCUT2D eigenvalue weighted by atomic mass is 32.2. The monoisotopic (exact) mass is 230 g/mol. The molecule has 0 bridgehead atoms. The van der Waals surface area contributed by atoms with Crippen LogP contribution in [0.1, 0.15) is 5.56 Å². The number of sulfonamides is 1. The van der Waals surface area contributed by atoms with E-state index < -0.39 is 10.0 Å². The van der Waals surface area contributed by atoms with Gasteiger partial charge in [-0.05, 0) is 11.6 Å². The van der Waals surface area contributed by atoms with Gasteiger partial charge in [-0.15, -0.1) is 0 Å². The summed E-state index contributed by atoms with van der Waals surface area (Å²) in [6, 6.07) is 6.78. The highest BCUT2D eigenvalue weighted by Gasteiger charge is 2.11. The number of nitrogens with two attached hydrogens (primary N) is 1. The van der Waals surface area contributed by atoms with Crippen molar-refractivity contribution < 1.29 is 13.5 Å². The van der Waals surface area contributed by atoms with E-state index in [1.807, 2.05) is 0 Å². The maximum atomic E-state index is 11.4. The number of aliphatic hydroxyl groups excluding tert-OH is 1. The number of para-hydroxylation sites is 1. The van der Waals surface area contributed by atoms with Crippen molar-refractivity contribution in [3.63, 3.8) is 0 Å². The molecule has 1 aromatic carbocycles. The molecule has 0 radical (unpaired) electrons. The fraction of sp³-hybridized carbons (Fsp3) is 0.333. The Balaban J connectivity index is 2.74. The van der Waals surface area contributed by atoms with Gasteiger partial charge < -0.3 is 10.8 Å². The van der Waals surface area contributed by atoms with Gasteiger partial charge in [-0.1, -0.05) is 18.2 Å². The predicted octanol–water partition coefficient (Wildman–Crippen LogP) is -0.320. The number of hydrogen-bond acceptors (Lipinski definition) is 4. The van der Waals surface area contributed by atoms with Crippen LogP contribution in [0.4, 0.5) is 5.69 Å². The lowest BCUT2D eigenvalue weighted by molar-refractivity contribution is 0.301. The van der Waals surface area contributed by atoms with Crippen molar-refractivity contribution in [3.05, 3.63) is 29.8 Å². The van der Waals surface area contributed by atoms with Gasteiger partial charge in [0.25, 0.3) is 0 Å². The third-order valence-corrected chi connectivity index (χ3v) is 3.17. The Morgan fingerprint density at radius 2 is 2.00 bits per heavy atom. The number of anilines is 1. The van der Waals surface area contributed by atoms with Gasteiger partial charge in [0.15, 0.2) is 0 Å². The van der Waals surface area contributed by atoms with Crippen LogP contribution in [0.3, 0.4) is 0 Å². The first-order chi connectivity index (χ1) is 7.05. The fourth-order valence-corrected chi connectivity index (χ4v) is 2.30. The minimum atomic E-state index is -3.41. The molecule has 0 saturated carbocycles. The van der Waals surface area contributed by atoms with Crippen LogP contribution >= 0.6 is 0 Å². The molecule has 0 aliphatic carbocycles. The van der Waals surface area contributed by atoms with Crippen molar-refractivity contribution in [3.8, 4) is 0 Å². The minimum absolute atomic E-state index is 0.0229. The molecule has 84 valence electrons. The van der Waals surface area contributed by atoms with E-state index in [-0.39, 0.29) is 18.9 Å². The van der Waals surface area contributed by atoms with Crippen LogP contribution < -0.4 is 10.5 Å². The summed E-state index contributed by atoms with van der Waals surface area (Å²) in [5.74, 6) is -0.167. The van der Waals surface area contributed by atoms with E-state index in [1.165, 1.54) is 0 Å². The molecular weight excluding hydrogens is 216 g/mol. The molecule has 0 heterocycles. The molecule has 5 nitrogen and oxygen atoms in total. The van der Waals surface area contributed by atoms with Gasteiger partial charge in [0.2, 0.25) is 10.0 Å². The molecule has 0 atom stereocenters. The first kappa shape index (κ1) is 12.0. The molecule has 1 rings (SSSR count). The highest BCUT2D eigenvalue weighted by molar-refractivity contribution is 7.88. The number of nitrogen functional groups attached to an aromatic ring is 1. The van der Waals surface area contributed by atoms with Crippen LogP contribution in [-0.2, 0) is 15.8 Å². The second-order valence-electron chi connectivity index (χ2n) is 3.08. The summed E-state index contributed by atoms with van der Waals surface area (Å²) in [4.78, 5) is 0. The summed E-state index contributed by atoms with van der Waals surface area (Å²) in [6.45, 7) is -0.196. The standard InChI is InChI=1S/C9H14N2O3S/c10-9-4-2-1-3-8(9)7-15(13,14)11-5-6-12/h1-4,11-12H,5-7,10H2. The van der Waals surface area contributed by atoms with Crippen LogP contribution in [0.2, 0.25) is 0 Å². The molecular formula is C9H14N2O3S. The molecule has 0 aliphatic rings. The van der Waals surface area contributed by atoms with Gasteiger partial charge in [-0.2, -0.15) is 0 Å². The normalized spacial score (nSPS) is 11.5. The summed E-state index contributed by atoms with van der Waals surface area (Å²) in [7, 11) is -3.41. The third kappa shape index (κ3) is 3.86. The van der Waals surface area contributed by atoms with Crippen molar-refractivity contribution in [2.75, 3.05) is 18.9 Å². The molecule has 0 saturated heterocycles. The van der Waals surface area contributed by atoms with Crippen molar-refractivity contribution in [1.82, 2.24) is 4.72 Å². The number of aliphatic hydroxyl groups is 1. The van der Waals surface area contributed by atoms with Crippen molar-refractivity contribution in [1.29, 1.82) is 0 Å². The summed E-state index contributed by atoms with van der Waals surface area (Å²) in [6.07, 6.45) is 0. The Morgan fingerprint density at radius 1 is 1.33 bits per heavy atom. The lowest BCUT2D eigenvalue weighted by atomic mass is 10.2. The molecule has 0 fully saturated rings. The molecule has 1 aromatic rings. The van der Waals surface area contributed by atoms with Crippen LogP contribution in [-0.4, -0.2) is 26.7 Å². The van der Waals surface area contributed by atoms with Crippen LogP contribution in [0.25, 0.3) is 0 Å². The first-order valence-electron chi connectivity index (χ1n) is 4.47. The summed E-state index contributed by atoms with van der Waals surface area (Å²) < 4.78 is 25.1. The number of rotatable bonds is 5.